The summed E-state index contributed by atoms with van der Waals surface area (Å²) in [7, 11) is 1.58. The summed E-state index contributed by atoms with van der Waals surface area (Å²) in [6, 6.07) is 23.2. The molecule has 1 heterocycles. The van der Waals surface area contributed by atoms with Gasteiger partial charge in [-0.3, -0.25) is 9.78 Å². The Morgan fingerprint density at radius 2 is 1.69 bits per heavy atom. The zero-order valence-electron chi connectivity index (χ0n) is 15.9. The van der Waals surface area contributed by atoms with Crippen molar-refractivity contribution in [2.75, 3.05) is 7.11 Å². The lowest BCUT2D eigenvalue weighted by Gasteiger charge is -2.23. The number of carbonyl (C=O) groups is 1. The smallest absolute Gasteiger partial charge is 0.252 e. The summed E-state index contributed by atoms with van der Waals surface area (Å²) < 4.78 is 5.51. The Labute approximate surface area is 168 Å². The van der Waals surface area contributed by atoms with Gasteiger partial charge in [-0.25, -0.2) is 0 Å². The number of pyridine rings is 1. The Bertz CT molecular complexity index is 1160. The van der Waals surface area contributed by atoms with Crippen LogP contribution in [-0.4, -0.2) is 23.1 Å². The number of hydrogen-bond donors (Lipinski definition) is 2. The van der Waals surface area contributed by atoms with E-state index in [0.717, 1.165) is 10.9 Å². The van der Waals surface area contributed by atoms with Crippen molar-refractivity contribution >= 4 is 16.8 Å². The van der Waals surface area contributed by atoms with Crippen molar-refractivity contribution in [3.8, 4) is 11.5 Å². The molecule has 0 saturated heterocycles. The average Bonchev–Trinajstić information content (AvgIpc) is 2.79. The molecular weight excluding hydrogens is 364 g/mol. The molecule has 4 aromatic rings. The van der Waals surface area contributed by atoms with E-state index in [-0.39, 0.29) is 11.7 Å². The Kier molecular flexibility index (Phi) is 5.12. The molecule has 2 N–H and O–H groups in total. The van der Waals surface area contributed by atoms with Crippen molar-refractivity contribution in [1.82, 2.24) is 10.3 Å². The van der Waals surface area contributed by atoms with Crippen LogP contribution >= 0.6 is 0 Å². The van der Waals surface area contributed by atoms with Crippen LogP contribution in [0.1, 0.15) is 27.5 Å². The first-order chi connectivity index (χ1) is 14.2. The highest BCUT2D eigenvalue weighted by Crippen LogP contribution is 2.37. The molecule has 0 aliphatic carbocycles. The Balaban J connectivity index is 1.85. The molecule has 144 valence electrons. The zero-order chi connectivity index (χ0) is 20.2. The molecule has 0 aliphatic heterocycles. The maximum Gasteiger partial charge on any atom is 0.252 e. The third kappa shape index (κ3) is 3.62. The minimum absolute atomic E-state index is 0.0346. The van der Waals surface area contributed by atoms with Crippen LogP contribution in [0, 0.1) is 0 Å². The zero-order valence-corrected chi connectivity index (χ0v) is 15.9. The number of aromatic hydroxyl groups is 1. The first-order valence-electron chi connectivity index (χ1n) is 9.24. The number of aromatic nitrogens is 1. The van der Waals surface area contributed by atoms with Crippen molar-refractivity contribution in [2.24, 2.45) is 0 Å². The van der Waals surface area contributed by atoms with Crippen LogP contribution < -0.4 is 10.1 Å². The highest BCUT2D eigenvalue weighted by atomic mass is 16.5. The van der Waals surface area contributed by atoms with Crippen molar-refractivity contribution in [3.63, 3.8) is 0 Å². The van der Waals surface area contributed by atoms with Crippen molar-refractivity contribution in [3.05, 3.63) is 102 Å². The van der Waals surface area contributed by atoms with Gasteiger partial charge in [0.1, 0.15) is 17.0 Å². The third-order valence-corrected chi connectivity index (χ3v) is 4.85. The summed E-state index contributed by atoms with van der Waals surface area (Å²) >= 11 is 0. The van der Waals surface area contributed by atoms with E-state index in [1.54, 1.807) is 25.4 Å². The van der Waals surface area contributed by atoms with Gasteiger partial charge in [0, 0.05) is 28.3 Å². The normalized spacial score (nSPS) is 11.8. The quantitative estimate of drug-likeness (QED) is 0.533. The molecule has 1 atom stereocenters. The minimum Gasteiger partial charge on any atom is -0.505 e. The number of methoxy groups -OCH3 is 1. The summed E-state index contributed by atoms with van der Waals surface area (Å²) in [5.74, 6) is 0.403. The Hall–Kier alpha value is -3.86. The van der Waals surface area contributed by atoms with Crippen LogP contribution in [0.2, 0.25) is 0 Å². The molecule has 5 nitrogen and oxygen atoms in total. The van der Waals surface area contributed by atoms with E-state index >= 15 is 0 Å². The molecule has 0 bridgehead atoms. The van der Waals surface area contributed by atoms with Gasteiger partial charge < -0.3 is 15.2 Å². The van der Waals surface area contributed by atoms with Crippen LogP contribution in [0.15, 0.2) is 85.1 Å². The van der Waals surface area contributed by atoms with Crippen LogP contribution in [0.3, 0.4) is 0 Å². The second kappa shape index (κ2) is 8.02. The average molecular weight is 384 g/mol. The van der Waals surface area contributed by atoms with E-state index in [1.165, 1.54) is 0 Å². The summed E-state index contributed by atoms with van der Waals surface area (Å²) in [4.78, 5) is 17.2. The van der Waals surface area contributed by atoms with Crippen molar-refractivity contribution in [2.45, 2.75) is 6.04 Å². The number of phenols is 1. The molecule has 0 saturated carbocycles. The summed E-state index contributed by atoms with van der Waals surface area (Å²) in [5, 5.41) is 14.8. The molecule has 29 heavy (non-hydrogen) atoms. The van der Waals surface area contributed by atoms with Crippen molar-refractivity contribution < 1.29 is 14.6 Å². The lowest BCUT2D eigenvalue weighted by molar-refractivity contribution is 0.0942. The third-order valence-electron chi connectivity index (χ3n) is 4.85. The fraction of sp³-hybridized carbons (Fsp3) is 0.0833. The molecule has 0 fully saturated rings. The molecule has 0 aliphatic rings. The molecule has 0 unspecified atom stereocenters. The summed E-state index contributed by atoms with van der Waals surface area (Å²) in [6.07, 6.45) is 1.63. The van der Waals surface area contributed by atoms with Crippen LogP contribution in [0.5, 0.6) is 11.5 Å². The van der Waals surface area contributed by atoms with Gasteiger partial charge >= 0.3 is 0 Å². The summed E-state index contributed by atoms with van der Waals surface area (Å²) in [6.45, 7) is 0. The standard InChI is InChI=1S/C24H20N2O3/c1-29-20-12-6-5-11-18(20)22(26-24(28)17-8-3-2-4-9-17)19-14-13-16-10-7-15-25-21(16)23(19)27/h2-15,22,27H,1H3,(H,26,28)/t22-/m0/s1. The van der Waals surface area contributed by atoms with Gasteiger partial charge in [0.25, 0.3) is 5.91 Å². The Morgan fingerprint density at radius 3 is 2.48 bits per heavy atom. The second-order valence-electron chi connectivity index (χ2n) is 6.59. The SMILES string of the molecule is COc1ccccc1[C@H](NC(=O)c1ccccc1)c1ccc2cccnc2c1O. The molecule has 1 aromatic heterocycles. The number of phenolic OH excluding ortho intramolecular Hbond substituents is 1. The topological polar surface area (TPSA) is 71.5 Å². The van der Waals surface area contributed by atoms with Crippen molar-refractivity contribution in [1.29, 1.82) is 0 Å². The maximum absolute atomic E-state index is 12.9. The minimum atomic E-state index is -0.620. The lowest BCUT2D eigenvalue weighted by Crippen LogP contribution is -2.29. The maximum atomic E-state index is 12.9. The first-order valence-corrected chi connectivity index (χ1v) is 9.24. The molecule has 0 radical (unpaired) electrons. The van der Waals surface area contributed by atoms with Gasteiger partial charge in [-0.05, 0) is 24.3 Å². The van der Waals surface area contributed by atoms with E-state index in [4.69, 9.17) is 4.74 Å². The fourth-order valence-electron chi connectivity index (χ4n) is 3.41. The van der Waals surface area contributed by atoms with Gasteiger partial charge in [-0.2, -0.15) is 0 Å². The number of ether oxygens (including phenoxy) is 1. The van der Waals surface area contributed by atoms with Crippen LogP contribution in [-0.2, 0) is 0 Å². The number of carbonyl (C=O) groups excluding carboxylic acids is 1. The highest BCUT2D eigenvalue weighted by molar-refractivity contribution is 5.95. The number of benzene rings is 3. The number of nitrogens with zero attached hydrogens (tertiary/aromatic N) is 1. The Morgan fingerprint density at radius 1 is 0.931 bits per heavy atom. The first kappa shape index (κ1) is 18.5. The van der Waals surface area contributed by atoms with Gasteiger partial charge in [-0.1, -0.05) is 54.6 Å². The largest absolute Gasteiger partial charge is 0.505 e. The van der Waals surface area contributed by atoms with Gasteiger partial charge in [0.2, 0.25) is 0 Å². The van der Waals surface area contributed by atoms with Crippen LogP contribution in [0.4, 0.5) is 0 Å². The number of rotatable bonds is 5. The van der Waals surface area contributed by atoms with E-state index < -0.39 is 6.04 Å². The molecule has 4 rings (SSSR count). The molecule has 5 heteroatoms. The van der Waals surface area contributed by atoms with E-state index in [1.807, 2.05) is 66.7 Å². The highest BCUT2D eigenvalue weighted by Gasteiger charge is 2.24. The van der Waals surface area contributed by atoms with Gasteiger partial charge in [0.15, 0.2) is 0 Å². The number of nitrogens with one attached hydrogen (secondary N) is 1. The number of fused-ring (bicyclic) bond motifs is 1. The molecule has 1 amide bonds. The van der Waals surface area contributed by atoms with Crippen LogP contribution in [0.25, 0.3) is 10.9 Å². The number of amides is 1. The van der Waals surface area contributed by atoms with E-state index in [0.29, 0.717) is 22.4 Å². The predicted molar refractivity (Wildman–Crippen MR) is 112 cm³/mol. The number of para-hydroxylation sites is 1. The monoisotopic (exact) mass is 384 g/mol. The van der Waals surface area contributed by atoms with E-state index in [9.17, 15) is 9.90 Å². The predicted octanol–water partition coefficient (Wildman–Crippen LogP) is 4.47. The summed E-state index contributed by atoms with van der Waals surface area (Å²) in [5.41, 5.74) is 2.31. The van der Waals surface area contributed by atoms with E-state index in [2.05, 4.69) is 10.3 Å². The lowest BCUT2D eigenvalue weighted by atomic mass is 9.95. The fourth-order valence-corrected chi connectivity index (χ4v) is 3.41. The number of hydrogen-bond acceptors (Lipinski definition) is 4. The molecule has 3 aromatic carbocycles. The molecular formula is C24H20N2O3. The van der Waals surface area contributed by atoms with Gasteiger partial charge in [0.05, 0.1) is 13.2 Å². The second-order valence-corrected chi connectivity index (χ2v) is 6.59. The van der Waals surface area contributed by atoms with Gasteiger partial charge in [-0.15, -0.1) is 0 Å². The molecule has 0 spiro atoms.